The SMILES string of the molecule is CC(C)(C)c1ccc(SCC(=O)Nc2ccccc2SCC(N)=O)cc1. The molecule has 6 heteroatoms. The van der Waals surface area contributed by atoms with Gasteiger partial charge in [0.15, 0.2) is 0 Å². The van der Waals surface area contributed by atoms with Crippen molar-refractivity contribution in [2.24, 2.45) is 5.73 Å². The molecule has 0 spiro atoms. The van der Waals surface area contributed by atoms with Crippen LogP contribution in [0, 0.1) is 0 Å². The number of benzene rings is 2. The van der Waals surface area contributed by atoms with E-state index >= 15 is 0 Å². The molecule has 0 saturated heterocycles. The van der Waals surface area contributed by atoms with Gasteiger partial charge in [-0.2, -0.15) is 0 Å². The summed E-state index contributed by atoms with van der Waals surface area (Å²) in [6.45, 7) is 6.53. The fraction of sp³-hybridized carbons (Fsp3) is 0.300. The molecule has 0 atom stereocenters. The van der Waals surface area contributed by atoms with E-state index in [4.69, 9.17) is 5.73 Å². The maximum absolute atomic E-state index is 12.3. The lowest BCUT2D eigenvalue weighted by Crippen LogP contribution is -2.16. The van der Waals surface area contributed by atoms with Crippen molar-refractivity contribution in [2.75, 3.05) is 16.8 Å². The Labute approximate surface area is 163 Å². The molecule has 2 aromatic rings. The van der Waals surface area contributed by atoms with Gasteiger partial charge in [0, 0.05) is 9.79 Å². The van der Waals surface area contributed by atoms with Gasteiger partial charge in [-0.1, -0.05) is 45.0 Å². The minimum atomic E-state index is -0.384. The van der Waals surface area contributed by atoms with Crippen molar-refractivity contribution < 1.29 is 9.59 Å². The fourth-order valence-corrected chi connectivity index (χ4v) is 3.68. The van der Waals surface area contributed by atoms with Crippen LogP contribution in [0.5, 0.6) is 0 Å². The van der Waals surface area contributed by atoms with Gasteiger partial charge in [0.1, 0.15) is 0 Å². The molecule has 0 aliphatic heterocycles. The molecule has 0 bridgehead atoms. The topological polar surface area (TPSA) is 72.2 Å². The molecule has 0 aromatic heterocycles. The third kappa shape index (κ3) is 6.42. The van der Waals surface area contributed by atoms with Gasteiger partial charge in [-0.25, -0.2) is 0 Å². The largest absolute Gasteiger partial charge is 0.369 e. The predicted molar refractivity (Wildman–Crippen MR) is 111 cm³/mol. The van der Waals surface area contributed by atoms with Gasteiger partial charge in [-0.3, -0.25) is 9.59 Å². The maximum atomic E-state index is 12.3. The molecular weight excluding hydrogens is 364 g/mol. The van der Waals surface area contributed by atoms with E-state index in [0.29, 0.717) is 11.4 Å². The summed E-state index contributed by atoms with van der Waals surface area (Å²) in [7, 11) is 0. The van der Waals surface area contributed by atoms with Crippen LogP contribution in [-0.2, 0) is 15.0 Å². The number of hydrogen-bond acceptors (Lipinski definition) is 4. The van der Waals surface area contributed by atoms with Crippen molar-refractivity contribution in [1.29, 1.82) is 0 Å². The van der Waals surface area contributed by atoms with Gasteiger partial charge in [-0.15, -0.1) is 23.5 Å². The summed E-state index contributed by atoms with van der Waals surface area (Å²) in [5, 5.41) is 2.91. The van der Waals surface area contributed by atoms with Gasteiger partial charge in [0.05, 0.1) is 17.2 Å². The molecule has 0 aliphatic carbocycles. The lowest BCUT2D eigenvalue weighted by Gasteiger charge is -2.19. The molecule has 3 N–H and O–H groups in total. The van der Waals surface area contributed by atoms with E-state index in [1.807, 2.05) is 24.3 Å². The number of nitrogens with one attached hydrogen (secondary N) is 1. The Kier molecular flexibility index (Phi) is 7.17. The Hall–Kier alpha value is -1.92. The lowest BCUT2D eigenvalue weighted by atomic mass is 9.87. The summed E-state index contributed by atoms with van der Waals surface area (Å²) in [5.74, 6) is 0.0400. The average molecular weight is 389 g/mol. The van der Waals surface area contributed by atoms with E-state index in [2.05, 4.69) is 50.4 Å². The highest BCUT2D eigenvalue weighted by Crippen LogP contribution is 2.28. The minimum absolute atomic E-state index is 0.0815. The highest BCUT2D eigenvalue weighted by molar-refractivity contribution is 8.00. The number of amides is 2. The van der Waals surface area contributed by atoms with Crippen LogP contribution in [0.1, 0.15) is 26.3 Å². The van der Waals surface area contributed by atoms with Crippen LogP contribution in [0.4, 0.5) is 5.69 Å². The van der Waals surface area contributed by atoms with Gasteiger partial charge >= 0.3 is 0 Å². The smallest absolute Gasteiger partial charge is 0.234 e. The first-order chi connectivity index (χ1) is 12.3. The van der Waals surface area contributed by atoms with Crippen molar-refractivity contribution in [2.45, 2.75) is 36.0 Å². The number of anilines is 1. The Bertz CT molecular complexity index is 768. The monoisotopic (exact) mass is 388 g/mol. The zero-order valence-electron chi connectivity index (χ0n) is 15.2. The van der Waals surface area contributed by atoms with Gasteiger partial charge in [0.2, 0.25) is 11.8 Å². The van der Waals surface area contributed by atoms with Crippen LogP contribution in [0.2, 0.25) is 0 Å². The van der Waals surface area contributed by atoms with Crippen molar-refractivity contribution >= 4 is 41.0 Å². The van der Waals surface area contributed by atoms with E-state index in [0.717, 1.165) is 9.79 Å². The number of carbonyl (C=O) groups is 2. The molecule has 0 radical (unpaired) electrons. The van der Waals surface area contributed by atoms with Crippen LogP contribution in [0.15, 0.2) is 58.3 Å². The first-order valence-electron chi connectivity index (χ1n) is 8.29. The molecule has 0 heterocycles. The Morgan fingerprint density at radius 1 is 0.962 bits per heavy atom. The van der Waals surface area contributed by atoms with E-state index < -0.39 is 0 Å². The molecule has 0 saturated carbocycles. The first kappa shape index (κ1) is 20.4. The number of nitrogens with two attached hydrogens (primary N) is 1. The van der Waals surface area contributed by atoms with Crippen LogP contribution in [-0.4, -0.2) is 23.3 Å². The second-order valence-corrected chi connectivity index (χ2v) is 8.93. The van der Waals surface area contributed by atoms with Gasteiger partial charge in [-0.05, 0) is 35.2 Å². The minimum Gasteiger partial charge on any atom is -0.369 e. The molecule has 138 valence electrons. The van der Waals surface area contributed by atoms with Crippen LogP contribution in [0.25, 0.3) is 0 Å². The molecule has 2 aromatic carbocycles. The fourth-order valence-electron chi connectivity index (χ4n) is 2.23. The van der Waals surface area contributed by atoms with Crippen LogP contribution < -0.4 is 11.1 Å². The normalized spacial score (nSPS) is 11.2. The molecule has 0 aliphatic rings. The number of rotatable bonds is 7. The third-order valence-corrected chi connectivity index (χ3v) is 5.73. The van der Waals surface area contributed by atoms with Crippen molar-refractivity contribution in [3.05, 3.63) is 54.1 Å². The summed E-state index contributed by atoms with van der Waals surface area (Å²) in [6, 6.07) is 15.7. The van der Waals surface area contributed by atoms with Crippen molar-refractivity contribution in [3.8, 4) is 0 Å². The van der Waals surface area contributed by atoms with Crippen molar-refractivity contribution in [1.82, 2.24) is 0 Å². The summed E-state index contributed by atoms with van der Waals surface area (Å²) < 4.78 is 0. The molecular formula is C20H24N2O2S2. The first-order valence-corrected chi connectivity index (χ1v) is 10.3. The molecule has 0 unspecified atom stereocenters. The summed E-state index contributed by atoms with van der Waals surface area (Å²) in [5.41, 5.74) is 7.28. The highest BCUT2D eigenvalue weighted by Gasteiger charge is 2.13. The number of carbonyl (C=O) groups excluding carboxylic acids is 2. The number of para-hydroxylation sites is 1. The van der Waals surface area contributed by atoms with Gasteiger partial charge < -0.3 is 11.1 Å². The van der Waals surface area contributed by atoms with Crippen LogP contribution in [0.3, 0.4) is 0 Å². The van der Waals surface area contributed by atoms with E-state index in [1.54, 1.807) is 0 Å². The highest BCUT2D eigenvalue weighted by atomic mass is 32.2. The Balaban J connectivity index is 1.92. The molecule has 2 rings (SSSR count). The molecule has 26 heavy (non-hydrogen) atoms. The maximum Gasteiger partial charge on any atom is 0.234 e. The summed E-state index contributed by atoms with van der Waals surface area (Å²) >= 11 is 2.82. The average Bonchev–Trinajstić information content (AvgIpc) is 2.59. The van der Waals surface area contributed by atoms with Crippen LogP contribution >= 0.6 is 23.5 Å². The van der Waals surface area contributed by atoms with E-state index in [1.165, 1.54) is 29.1 Å². The Morgan fingerprint density at radius 2 is 1.62 bits per heavy atom. The number of thioether (sulfide) groups is 2. The standard InChI is InChI=1S/C20H24N2O2S2/c1-20(2,3)14-8-10-15(11-9-14)25-13-19(24)22-16-6-4-5-7-17(16)26-12-18(21)23/h4-11H,12-13H2,1-3H3,(H2,21,23)(H,22,24). The zero-order valence-corrected chi connectivity index (χ0v) is 16.9. The van der Waals surface area contributed by atoms with E-state index in [9.17, 15) is 9.59 Å². The molecule has 4 nitrogen and oxygen atoms in total. The second kappa shape index (κ2) is 9.14. The lowest BCUT2D eigenvalue weighted by molar-refractivity contribution is -0.115. The van der Waals surface area contributed by atoms with Crippen molar-refractivity contribution in [3.63, 3.8) is 0 Å². The Morgan fingerprint density at radius 3 is 2.23 bits per heavy atom. The zero-order chi connectivity index (χ0) is 19.2. The summed E-state index contributed by atoms with van der Waals surface area (Å²) in [4.78, 5) is 25.1. The molecule has 0 fully saturated rings. The summed E-state index contributed by atoms with van der Waals surface area (Å²) in [6.07, 6.45) is 0. The second-order valence-electron chi connectivity index (χ2n) is 6.86. The predicted octanol–water partition coefficient (Wildman–Crippen LogP) is 4.29. The number of primary amides is 1. The molecule has 2 amide bonds. The number of hydrogen-bond donors (Lipinski definition) is 2. The quantitative estimate of drug-likeness (QED) is 0.694. The third-order valence-electron chi connectivity index (χ3n) is 3.62. The van der Waals surface area contributed by atoms with E-state index in [-0.39, 0.29) is 23.0 Å². The van der Waals surface area contributed by atoms with Gasteiger partial charge in [0.25, 0.3) is 0 Å².